The Hall–Kier alpha value is -3.27. The van der Waals surface area contributed by atoms with Crippen molar-refractivity contribution >= 4 is 11.6 Å². The normalized spacial score (nSPS) is 16.1. The fourth-order valence-corrected chi connectivity index (χ4v) is 3.38. The standard InChI is InChI=1S/C22H20N2O2/c25-20-13-7-5-11-18(20)21-23-19-12-6-4-10-17(19)22(26)24(21)15-14-16-8-2-1-3-9-16/h1-13,21,23,25H,14-15H2/t21-/m1/s1. The van der Waals surface area contributed by atoms with Crippen molar-refractivity contribution in [2.75, 3.05) is 11.9 Å². The van der Waals surface area contributed by atoms with Crippen molar-refractivity contribution in [3.05, 3.63) is 95.6 Å². The Morgan fingerprint density at radius 1 is 0.885 bits per heavy atom. The van der Waals surface area contributed by atoms with Crippen LogP contribution in [0.25, 0.3) is 0 Å². The zero-order valence-corrected chi connectivity index (χ0v) is 14.3. The minimum Gasteiger partial charge on any atom is -0.508 e. The van der Waals surface area contributed by atoms with E-state index in [0.29, 0.717) is 17.7 Å². The van der Waals surface area contributed by atoms with Gasteiger partial charge in [-0.05, 0) is 30.2 Å². The molecule has 1 aliphatic rings. The number of carbonyl (C=O) groups is 1. The summed E-state index contributed by atoms with van der Waals surface area (Å²) in [6, 6.07) is 24.8. The zero-order valence-electron chi connectivity index (χ0n) is 14.3. The Morgan fingerprint density at radius 2 is 1.58 bits per heavy atom. The third-order valence-electron chi connectivity index (χ3n) is 4.74. The predicted molar refractivity (Wildman–Crippen MR) is 102 cm³/mol. The molecule has 130 valence electrons. The van der Waals surface area contributed by atoms with Gasteiger partial charge in [-0.15, -0.1) is 0 Å². The molecular weight excluding hydrogens is 324 g/mol. The van der Waals surface area contributed by atoms with E-state index in [2.05, 4.69) is 17.4 Å². The van der Waals surface area contributed by atoms with Gasteiger partial charge in [-0.3, -0.25) is 4.79 Å². The van der Waals surface area contributed by atoms with Gasteiger partial charge in [0.15, 0.2) is 0 Å². The summed E-state index contributed by atoms with van der Waals surface area (Å²) in [6.07, 6.45) is 0.350. The number of carbonyl (C=O) groups excluding carboxylic acids is 1. The van der Waals surface area contributed by atoms with E-state index >= 15 is 0 Å². The Morgan fingerprint density at radius 3 is 2.38 bits per heavy atom. The number of hydrogen-bond donors (Lipinski definition) is 2. The molecule has 3 aromatic carbocycles. The van der Waals surface area contributed by atoms with Gasteiger partial charge in [0.05, 0.1) is 5.56 Å². The number of phenolic OH excluding ortho intramolecular Hbond substituents is 1. The summed E-state index contributed by atoms with van der Waals surface area (Å²) < 4.78 is 0. The van der Waals surface area contributed by atoms with Gasteiger partial charge in [0.25, 0.3) is 5.91 Å². The molecule has 0 saturated heterocycles. The molecule has 4 nitrogen and oxygen atoms in total. The molecule has 1 aliphatic heterocycles. The average Bonchev–Trinajstić information content (AvgIpc) is 2.68. The topological polar surface area (TPSA) is 52.6 Å². The van der Waals surface area contributed by atoms with Crippen LogP contribution in [0.3, 0.4) is 0 Å². The van der Waals surface area contributed by atoms with E-state index in [4.69, 9.17) is 0 Å². The lowest BCUT2D eigenvalue weighted by molar-refractivity contribution is 0.0684. The lowest BCUT2D eigenvalue weighted by atomic mass is 10.0. The van der Waals surface area contributed by atoms with Crippen LogP contribution < -0.4 is 5.32 Å². The van der Waals surface area contributed by atoms with Crippen molar-refractivity contribution in [2.45, 2.75) is 12.6 Å². The number of benzene rings is 3. The number of para-hydroxylation sites is 2. The first kappa shape index (κ1) is 16.2. The molecule has 2 N–H and O–H groups in total. The fraction of sp³-hybridized carbons (Fsp3) is 0.136. The second kappa shape index (κ2) is 6.92. The van der Waals surface area contributed by atoms with Crippen LogP contribution in [-0.4, -0.2) is 22.5 Å². The van der Waals surface area contributed by atoms with Crippen LogP contribution in [-0.2, 0) is 6.42 Å². The van der Waals surface area contributed by atoms with E-state index in [0.717, 1.165) is 12.1 Å². The number of phenols is 1. The molecule has 1 amide bonds. The monoisotopic (exact) mass is 344 g/mol. The molecule has 4 heteroatoms. The summed E-state index contributed by atoms with van der Waals surface area (Å²) >= 11 is 0. The van der Waals surface area contributed by atoms with Crippen molar-refractivity contribution in [2.24, 2.45) is 0 Å². The smallest absolute Gasteiger partial charge is 0.257 e. The van der Waals surface area contributed by atoms with Gasteiger partial charge in [0.1, 0.15) is 11.9 Å². The van der Waals surface area contributed by atoms with Crippen LogP contribution in [0.4, 0.5) is 5.69 Å². The number of fused-ring (bicyclic) bond motifs is 1. The molecule has 0 spiro atoms. The first-order valence-corrected chi connectivity index (χ1v) is 8.72. The van der Waals surface area contributed by atoms with Crippen molar-refractivity contribution in [1.29, 1.82) is 0 Å². The minimum absolute atomic E-state index is 0.0245. The van der Waals surface area contributed by atoms with E-state index in [1.54, 1.807) is 17.0 Å². The van der Waals surface area contributed by atoms with Gasteiger partial charge in [-0.25, -0.2) is 0 Å². The molecule has 0 unspecified atom stereocenters. The summed E-state index contributed by atoms with van der Waals surface area (Å²) in [6.45, 7) is 0.559. The summed E-state index contributed by atoms with van der Waals surface area (Å²) in [5, 5.41) is 13.7. The summed E-state index contributed by atoms with van der Waals surface area (Å²) in [7, 11) is 0. The molecule has 0 bridgehead atoms. The molecule has 1 heterocycles. The predicted octanol–water partition coefficient (Wildman–Crippen LogP) is 4.20. The van der Waals surface area contributed by atoms with Gasteiger partial charge in [-0.2, -0.15) is 0 Å². The second-order valence-electron chi connectivity index (χ2n) is 6.39. The van der Waals surface area contributed by atoms with Gasteiger partial charge in [0.2, 0.25) is 0 Å². The number of amides is 1. The lowest BCUT2D eigenvalue weighted by Crippen LogP contribution is -2.44. The Labute approximate surface area is 152 Å². The third kappa shape index (κ3) is 3.02. The van der Waals surface area contributed by atoms with Gasteiger partial charge in [0, 0.05) is 17.8 Å². The number of nitrogens with one attached hydrogen (secondary N) is 1. The van der Waals surface area contributed by atoms with Gasteiger partial charge in [-0.1, -0.05) is 60.7 Å². The number of hydrogen-bond acceptors (Lipinski definition) is 3. The van der Waals surface area contributed by atoms with E-state index in [1.807, 2.05) is 54.6 Å². The molecule has 3 aromatic rings. The number of nitrogens with zero attached hydrogens (tertiary/aromatic N) is 1. The fourth-order valence-electron chi connectivity index (χ4n) is 3.38. The van der Waals surface area contributed by atoms with Crippen LogP contribution >= 0.6 is 0 Å². The van der Waals surface area contributed by atoms with E-state index in [-0.39, 0.29) is 11.7 Å². The highest BCUT2D eigenvalue weighted by Crippen LogP contribution is 2.36. The number of anilines is 1. The molecule has 1 atom stereocenters. The van der Waals surface area contributed by atoms with Crippen molar-refractivity contribution in [1.82, 2.24) is 4.90 Å². The van der Waals surface area contributed by atoms with E-state index < -0.39 is 6.17 Å². The zero-order chi connectivity index (χ0) is 17.9. The largest absolute Gasteiger partial charge is 0.508 e. The molecular formula is C22H20N2O2. The maximum atomic E-state index is 13.1. The van der Waals surface area contributed by atoms with Crippen LogP contribution in [0.5, 0.6) is 5.75 Å². The quantitative estimate of drug-likeness (QED) is 0.746. The maximum Gasteiger partial charge on any atom is 0.257 e. The summed E-state index contributed by atoms with van der Waals surface area (Å²) in [5.41, 5.74) is 3.33. The minimum atomic E-state index is -0.401. The first-order chi connectivity index (χ1) is 12.7. The number of aromatic hydroxyl groups is 1. The highest BCUT2D eigenvalue weighted by Gasteiger charge is 2.33. The van der Waals surface area contributed by atoms with Gasteiger partial charge < -0.3 is 15.3 Å². The van der Waals surface area contributed by atoms with Crippen LogP contribution in [0, 0.1) is 0 Å². The van der Waals surface area contributed by atoms with Crippen molar-refractivity contribution in [3.8, 4) is 5.75 Å². The molecule has 0 saturated carbocycles. The Bertz CT molecular complexity index is 924. The molecule has 0 fully saturated rings. The Balaban J connectivity index is 1.69. The third-order valence-corrected chi connectivity index (χ3v) is 4.74. The van der Waals surface area contributed by atoms with Crippen LogP contribution in [0.1, 0.15) is 27.7 Å². The van der Waals surface area contributed by atoms with Gasteiger partial charge >= 0.3 is 0 Å². The second-order valence-corrected chi connectivity index (χ2v) is 6.39. The number of rotatable bonds is 4. The van der Waals surface area contributed by atoms with Crippen molar-refractivity contribution in [3.63, 3.8) is 0 Å². The van der Waals surface area contributed by atoms with Crippen LogP contribution in [0.2, 0.25) is 0 Å². The average molecular weight is 344 g/mol. The highest BCUT2D eigenvalue weighted by molar-refractivity contribution is 6.01. The molecule has 0 aliphatic carbocycles. The molecule has 0 aromatic heterocycles. The Kier molecular flexibility index (Phi) is 4.32. The first-order valence-electron chi connectivity index (χ1n) is 8.72. The summed E-state index contributed by atoms with van der Waals surface area (Å²) in [4.78, 5) is 14.9. The highest BCUT2D eigenvalue weighted by atomic mass is 16.3. The lowest BCUT2D eigenvalue weighted by Gasteiger charge is -2.38. The molecule has 4 rings (SSSR count). The van der Waals surface area contributed by atoms with Crippen LogP contribution in [0.15, 0.2) is 78.9 Å². The van der Waals surface area contributed by atoms with Crippen molar-refractivity contribution < 1.29 is 9.90 Å². The van der Waals surface area contributed by atoms with E-state index in [1.165, 1.54) is 5.56 Å². The SMILES string of the molecule is O=C1c2ccccc2N[C@@H](c2ccccc2O)N1CCc1ccccc1. The van der Waals surface area contributed by atoms with E-state index in [9.17, 15) is 9.90 Å². The molecule has 0 radical (unpaired) electrons. The molecule has 26 heavy (non-hydrogen) atoms. The summed E-state index contributed by atoms with van der Waals surface area (Å²) in [5.74, 6) is 0.158. The maximum absolute atomic E-state index is 13.1.